The number of likely N-dealkylation sites (tertiary alicyclic amines) is 1. The van der Waals surface area contributed by atoms with Crippen LogP contribution < -0.4 is 5.32 Å². The first-order chi connectivity index (χ1) is 9.65. The van der Waals surface area contributed by atoms with Gasteiger partial charge in [-0.2, -0.15) is 0 Å². The lowest BCUT2D eigenvalue weighted by Crippen LogP contribution is -2.48. The summed E-state index contributed by atoms with van der Waals surface area (Å²) in [6.45, 7) is 5.14. The van der Waals surface area contributed by atoms with Crippen molar-refractivity contribution in [2.24, 2.45) is 0 Å². The van der Waals surface area contributed by atoms with Crippen LogP contribution in [0.4, 0.5) is 0 Å². The summed E-state index contributed by atoms with van der Waals surface area (Å²) in [6.07, 6.45) is 2.79. The van der Waals surface area contributed by atoms with Crippen LogP contribution in [0.2, 0.25) is 0 Å². The SMILES string of the molecule is COCCOCC(O)CNC(C)C(=O)N1CCCCC1. The van der Waals surface area contributed by atoms with E-state index in [9.17, 15) is 9.90 Å². The molecule has 1 aliphatic heterocycles. The van der Waals surface area contributed by atoms with Crippen LogP contribution >= 0.6 is 0 Å². The smallest absolute Gasteiger partial charge is 0.239 e. The predicted octanol–water partition coefficient (Wildman–Crippen LogP) is 0.000900. The van der Waals surface area contributed by atoms with E-state index in [0.29, 0.717) is 19.8 Å². The molecule has 2 N–H and O–H groups in total. The van der Waals surface area contributed by atoms with Gasteiger partial charge in [0.1, 0.15) is 0 Å². The molecular weight excluding hydrogens is 260 g/mol. The maximum atomic E-state index is 12.1. The number of amides is 1. The highest BCUT2D eigenvalue weighted by Gasteiger charge is 2.22. The molecule has 0 saturated carbocycles. The van der Waals surface area contributed by atoms with Crippen molar-refractivity contribution in [3.05, 3.63) is 0 Å². The van der Waals surface area contributed by atoms with Gasteiger partial charge in [0.15, 0.2) is 0 Å². The number of carbonyl (C=O) groups is 1. The van der Waals surface area contributed by atoms with E-state index in [1.165, 1.54) is 6.42 Å². The molecule has 0 radical (unpaired) electrons. The Hall–Kier alpha value is -0.690. The van der Waals surface area contributed by atoms with Crippen molar-refractivity contribution in [1.29, 1.82) is 0 Å². The van der Waals surface area contributed by atoms with Gasteiger partial charge in [-0.25, -0.2) is 0 Å². The first kappa shape index (κ1) is 17.4. The Balaban J connectivity index is 2.14. The largest absolute Gasteiger partial charge is 0.389 e. The molecule has 0 aliphatic carbocycles. The molecule has 6 heteroatoms. The van der Waals surface area contributed by atoms with E-state index in [1.54, 1.807) is 7.11 Å². The van der Waals surface area contributed by atoms with Crippen molar-refractivity contribution >= 4 is 5.91 Å². The summed E-state index contributed by atoms with van der Waals surface area (Å²) in [4.78, 5) is 14.0. The molecule has 1 saturated heterocycles. The fourth-order valence-corrected chi connectivity index (χ4v) is 2.21. The zero-order valence-electron chi connectivity index (χ0n) is 12.6. The molecule has 118 valence electrons. The van der Waals surface area contributed by atoms with Crippen LogP contribution in [0, 0.1) is 0 Å². The molecule has 1 rings (SSSR count). The third-order valence-corrected chi connectivity index (χ3v) is 3.44. The predicted molar refractivity (Wildman–Crippen MR) is 76.6 cm³/mol. The zero-order valence-corrected chi connectivity index (χ0v) is 12.6. The maximum Gasteiger partial charge on any atom is 0.239 e. The van der Waals surface area contributed by atoms with Crippen LogP contribution in [0.25, 0.3) is 0 Å². The van der Waals surface area contributed by atoms with Crippen LogP contribution in [0.1, 0.15) is 26.2 Å². The number of hydrogen-bond acceptors (Lipinski definition) is 5. The average molecular weight is 288 g/mol. The summed E-state index contributed by atoms with van der Waals surface area (Å²) in [5, 5.41) is 12.8. The van der Waals surface area contributed by atoms with Crippen molar-refractivity contribution in [1.82, 2.24) is 10.2 Å². The lowest BCUT2D eigenvalue weighted by molar-refractivity contribution is -0.134. The van der Waals surface area contributed by atoms with Gasteiger partial charge >= 0.3 is 0 Å². The average Bonchev–Trinajstić information content (AvgIpc) is 2.49. The standard InChI is InChI=1S/C14H28N2O4/c1-12(14(18)16-6-4-3-5-7-16)15-10-13(17)11-20-9-8-19-2/h12-13,15,17H,3-11H2,1-2H3. The number of nitrogens with one attached hydrogen (secondary N) is 1. The van der Waals surface area contributed by atoms with Crippen LogP contribution in [0.3, 0.4) is 0 Å². The van der Waals surface area contributed by atoms with E-state index >= 15 is 0 Å². The molecule has 0 bridgehead atoms. The Morgan fingerprint density at radius 3 is 2.65 bits per heavy atom. The number of piperidine rings is 1. The Bertz CT molecular complexity index is 270. The third kappa shape index (κ3) is 6.65. The van der Waals surface area contributed by atoms with Gasteiger partial charge in [0.25, 0.3) is 0 Å². The number of hydrogen-bond donors (Lipinski definition) is 2. The van der Waals surface area contributed by atoms with E-state index in [-0.39, 0.29) is 18.6 Å². The normalized spacial score (nSPS) is 18.9. The first-order valence-corrected chi connectivity index (χ1v) is 7.42. The number of carbonyl (C=O) groups excluding carboxylic acids is 1. The molecular formula is C14H28N2O4. The van der Waals surface area contributed by atoms with Gasteiger partial charge in [0.2, 0.25) is 5.91 Å². The highest BCUT2D eigenvalue weighted by molar-refractivity contribution is 5.81. The van der Waals surface area contributed by atoms with Gasteiger partial charge in [-0.3, -0.25) is 4.79 Å². The molecule has 1 fully saturated rings. The molecule has 0 aromatic heterocycles. The summed E-state index contributed by atoms with van der Waals surface area (Å²) in [5.41, 5.74) is 0. The van der Waals surface area contributed by atoms with Crippen molar-refractivity contribution < 1.29 is 19.4 Å². The van der Waals surface area contributed by atoms with Crippen molar-refractivity contribution in [3.8, 4) is 0 Å². The van der Waals surface area contributed by atoms with E-state index in [2.05, 4.69) is 5.32 Å². The van der Waals surface area contributed by atoms with Gasteiger partial charge < -0.3 is 24.8 Å². The molecule has 6 nitrogen and oxygen atoms in total. The molecule has 1 aliphatic rings. The summed E-state index contributed by atoms with van der Waals surface area (Å²) in [6, 6.07) is -0.262. The van der Waals surface area contributed by atoms with E-state index in [1.807, 2.05) is 11.8 Å². The van der Waals surface area contributed by atoms with Crippen LogP contribution in [0.5, 0.6) is 0 Å². The molecule has 0 spiro atoms. The van der Waals surface area contributed by atoms with Gasteiger partial charge in [-0.05, 0) is 26.2 Å². The Morgan fingerprint density at radius 2 is 2.00 bits per heavy atom. The summed E-state index contributed by atoms with van der Waals surface area (Å²) < 4.78 is 10.1. The van der Waals surface area contributed by atoms with Crippen molar-refractivity contribution in [2.45, 2.75) is 38.3 Å². The molecule has 20 heavy (non-hydrogen) atoms. The third-order valence-electron chi connectivity index (χ3n) is 3.44. The van der Waals surface area contributed by atoms with Crippen LogP contribution in [-0.4, -0.2) is 74.6 Å². The van der Waals surface area contributed by atoms with Gasteiger partial charge in [-0.1, -0.05) is 0 Å². The van der Waals surface area contributed by atoms with E-state index < -0.39 is 6.10 Å². The zero-order chi connectivity index (χ0) is 14.8. The van der Waals surface area contributed by atoms with E-state index in [4.69, 9.17) is 9.47 Å². The van der Waals surface area contributed by atoms with E-state index in [0.717, 1.165) is 25.9 Å². The molecule has 0 aromatic carbocycles. The Kier molecular flexibility index (Phi) is 8.77. The van der Waals surface area contributed by atoms with Crippen molar-refractivity contribution in [3.63, 3.8) is 0 Å². The van der Waals surface area contributed by atoms with Crippen LogP contribution in [0.15, 0.2) is 0 Å². The number of ether oxygens (including phenoxy) is 2. The number of methoxy groups -OCH3 is 1. The number of rotatable bonds is 9. The lowest BCUT2D eigenvalue weighted by Gasteiger charge is -2.29. The second-order valence-corrected chi connectivity index (χ2v) is 5.24. The second-order valence-electron chi connectivity index (χ2n) is 5.24. The second kappa shape index (κ2) is 10.1. The molecule has 2 unspecified atom stereocenters. The minimum Gasteiger partial charge on any atom is -0.389 e. The minimum absolute atomic E-state index is 0.122. The Morgan fingerprint density at radius 1 is 1.30 bits per heavy atom. The van der Waals surface area contributed by atoms with Gasteiger partial charge in [0, 0.05) is 26.7 Å². The number of aliphatic hydroxyl groups is 1. The lowest BCUT2D eigenvalue weighted by atomic mass is 10.1. The fraction of sp³-hybridized carbons (Fsp3) is 0.929. The Labute approximate surface area is 121 Å². The van der Waals surface area contributed by atoms with Gasteiger partial charge in [0.05, 0.1) is 32.0 Å². The topological polar surface area (TPSA) is 71.0 Å². The van der Waals surface area contributed by atoms with Crippen molar-refractivity contribution in [2.75, 3.05) is 46.6 Å². The quantitative estimate of drug-likeness (QED) is 0.585. The summed E-state index contributed by atoms with van der Waals surface area (Å²) in [7, 11) is 1.61. The highest BCUT2D eigenvalue weighted by atomic mass is 16.5. The number of nitrogens with zero attached hydrogens (tertiary/aromatic N) is 1. The maximum absolute atomic E-state index is 12.1. The molecule has 1 amide bonds. The number of aliphatic hydroxyl groups excluding tert-OH is 1. The summed E-state index contributed by atoms with van der Waals surface area (Å²) in [5.74, 6) is 0.122. The fourth-order valence-electron chi connectivity index (χ4n) is 2.21. The summed E-state index contributed by atoms with van der Waals surface area (Å²) >= 11 is 0. The molecule has 0 aromatic rings. The van der Waals surface area contributed by atoms with Gasteiger partial charge in [-0.15, -0.1) is 0 Å². The first-order valence-electron chi connectivity index (χ1n) is 7.42. The highest BCUT2D eigenvalue weighted by Crippen LogP contribution is 2.09. The van der Waals surface area contributed by atoms with Crippen LogP contribution in [-0.2, 0) is 14.3 Å². The molecule has 2 atom stereocenters. The monoisotopic (exact) mass is 288 g/mol. The minimum atomic E-state index is -0.608. The molecule has 1 heterocycles.